The molecule has 2 aromatic rings. The van der Waals surface area contributed by atoms with Gasteiger partial charge < -0.3 is 11.1 Å². The molecule has 1 aliphatic rings. The lowest BCUT2D eigenvalue weighted by Gasteiger charge is -2.20. The number of aromatic nitrogens is 1. The Hall–Kier alpha value is -2.03. The van der Waals surface area contributed by atoms with Gasteiger partial charge in [0.2, 0.25) is 0 Å². The summed E-state index contributed by atoms with van der Waals surface area (Å²) in [6, 6.07) is 10.0. The molecule has 0 amide bonds. The maximum Gasteiger partial charge on any atom is 0.134 e. The molecule has 0 bridgehead atoms. The largest absolute Gasteiger partial charge is 0.399 e. The zero-order chi connectivity index (χ0) is 10.3. The van der Waals surface area contributed by atoms with Crippen LogP contribution in [-0.2, 0) is 6.54 Å². The Kier molecular flexibility index (Phi) is 1.65. The summed E-state index contributed by atoms with van der Waals surface area (Å²) in [5, 5.41) is 3.28. The van der Waals surface area contributed by atoms with E-state index in [1.807, 2.05) is 18.2 Å². The molecule has 3 heteroatoms. The lowest BCUT2D eigenvalue weighted by molar-refractivity contribution is 1.09. The molecule has 0 unspecified atom stereocenters. The SMILES string of the molecule is Nc1ccc2c(c1)CNc1ncccc1-2. The number of anilines is 2. The highest BCUT2D eigenvalue weighted by atomic mass is 15.0. The quantitative estimate of drug-likeness (QED) is 0.637. The van der Waals surface area contributed by atoms with E-state index >= 15 is 0 Å². The van der Waals surface area contributed by atoms with Crippen LogP contribution in [0.4, 0.5) is 11.5 Å². The highest BCUT2D eigenvalue weighted by molar-refractivity contribution is 5.81. The maximum atomic E-state index is 5.76. The van der Waals surface area contributed by atoms with E-state index in [-0.39, 0.29) is 0 Å². The van der Waals surface area contributed by atoms with Crippen molar-refractivity contribution in [2.24, 2.45) is 0 Å². The van der Waals surface area contributed by atoms with Crippen molar-refractivity contribution in [3.63, 3.8) is 0 Å². The zero-order valence-corrected chi connectivity index (χ0v) is 8.20. The number of rotatable bonds is 0. The lowest BCUT2D eigenvalue weighted by atomic mass is 9.96. The maximum absolute atomic E-state index is 5.76. The molecule has 0 spiro atoms. The monoisotopic (exact) mass is 197 g/mol. The number of hydrogen-bond acceptors (Lipinski definition) is 3. The summed E-state index contributed by atoms with van der Waals surface area (Å²) in [5.74, 6) is 0.953. The van der Waals surface area contributed by atoms with Gasteiger partial charge in [-0.15, -0.1) is 0 Å². The Balaban J connectivity index is 2.26. The van der Waals surface area contributed by atoms with Crippen molar-refractivity contribution in [2.45, 2.75) is 6.54 Å². The number of benzene rings is 1. The molecule has 74 valence electrons. The summed E-state index contributed by atoms with van der Waals surface area (Å²) in [6.07, 6.45) is 1.80. The molecule has 0 aliphatic carbocycles. The molecule has 1 aliphatic heterocycles. The van der Waals surface area contributed by atoms with Gasteiger partial charge in [0.25, 0.3) is 0 Å². The molecule has 3 nitrogen and oxygen atoms in total. The fourth-order valence-corrected chi connectivity index (χ4v) is 1.97. The molecule has 0 saturated carbocycles. The van der Waals surface area contributed by atoms with Crippen LogP contribution in [0.1, 0.15) is 5.56 Å². The first kappa shape index (κ1) is 8.29. The van der Waals surface area contributed by atoms with Crippen LogP contribution in [0.15, 0.2) is 36.5 Å². The molecule has 0 fully saturated rings. The fourth-order valence-electron chi connectivity index (χ4n) is 1.97. The number of nitrogens with one attached hydrogen (secondary N) is 1. The molecule has 1 aromatic carbocycles. The molecule has 15 heavy (non-hydrogen) atoms. The van der Waals surface area contributed by atoms with Crippen LogP contribution in [0.3, 0.4) is 0 Å². The summed E-state index contributed by atoms with van der Waals surface area (Å²) in [7, 11) is 0. The van der Waals surface area contributed by atoms with Gasteiger partial charge in [0.1, 0.15) is 5.82 Å². The summed E-state index contributed by atoms with van der Waals surface area (Å²) >= 11 is 0. The normalized spacial score (nSPS) is 12.5. The third kappa shape index (κ3) is 1.24. The lowest BCUT2D eigenvalue weighted by Crippen LogP contribution is -2.10. The Labute approximate surface area is 88.0 Å². The molecule has 3 N–H and O–H groups in total. The second-order valence-corrected chi connectivity index (χ2v) is 3.67. The summed E-state index contributed by atoms with van der Waals surface area (Å²) in [4.78, 5) is 4.30. The first-order valence-electron chi connectivity index (χ1n) is 4.92. The van der Waals surface area contributed by atoms with Gasteiger partial charge in [0, 0.05) is 24.0 Å². The zero-order valence-electron chi connectivity index (χ0n) is 8.20. The highest BCUT2D eigenvalue weighted by Crippen LogP contribution is 2.34. The summed E-state index contributed by atoms with van der Waals surface area (Å²) in [6.45, 7) is 0.796. The van der Waals surface area contributed by atoms with Gasteiger partial charge in [0.15, 0.2) is 0 Å². The van der Waals surface area contributed by atoms with E-state index in [1.54, 1.807) is 6.20 Å². The number of fused-ring (bicyclic) bond motifs is 3. The third-order valence-electron chi connectivity index (χ3n) is 2.67. The first-order chi connectivity index (χ1) is 7.34. The van der Waals surface area contributed by atoms with Gasteiger partial charge in [-0.3, -0.25) is 0 Å². The van der Waals surface area contributed by atoms with Gasteiger partial charge in [-0.05, 0) is 35.4 Å². The smallest absolute Gasteiger partial charge is 0.134 e. The number of pyridine rings is 1. The van der Waals surface area contributed by atoms with Crippen molar-refractivity contribution in [3.8, 4) is 11.1 Å². The van der Waals surface area contributed by atoms with E-state index in [0.717, 1.165) is 23.6 Å². The van der Waals surface area contributed by atoms with E-state index in [9.17, 15) is 0 Å². The Bertz CT molecular complexity index is 520. The number of nitrogens with zero attached hydrogens (tertiary/aromatic N) is 1. The minimum Gasteiger partial charge on any atom is -0.399 e. The molecule has 3 rings (SSSR count). The first-order valence-corrected chi connectivity index (χ1v) is 4.92. The van der Waals surface area contributed by atoms with E-state index in [2.05, 4.69) is 22.4 Å². The van der Waals surface area contributed by atoms with Crippen molar-refractivity contribution < 1.29 is 0 Å². The second kappa shape index (κ2) is 2.98. The molecule has 1 aromatic heterocycles. The van der Waals surface area contributed by atoms with Crippen molar-refractivity contribution in [1.29, 1.82) is 0 Å². The van der Waals surface area contributed by atoms with Crippen LogP contribution < -0.4 is 11.1 Å². The van der Waals surface area contributed by atoms with Crippen LogP contribution in [0.25, 0.3) is 11.1 Å². The summed E-state index contributed by atoms with van der Waals surface area (Å²) < 4.78 is 0. The topological polar surface area (TPSA) is 50.9 Å². The average Bonchev–Trinajstić information content (AvgIpc) is 2.28. The molecule has 0 saturated heterocycles. The summed E-state index contributed by atoms with van der Waals surface area (Å²) in [5.41, 5.74) is 10.2. The van der Waals surface area contributed by atoms with Gasteiger partial charge in [-0.1, -0.05) is 6.07 Å². The van der Waals surface area contributed by atoms with Crippen LogP contribution in [0.5, 0.6) is 0 Å². The molecule has 0 radical (unpaired) electrons. The van der Waals surface area contributed by atoms with Crippen molar-refractivity contribution in [2.75, 3.05) is 11.1 Å². The fraction of sp³-hybridized carbons (Fsp3) is 0.0833. The number of nitrogens with two attached hydrogens (primary N) is 1. The van der Waals surface area contributed by atoms with Gasteiger partial charge in [-0.25, -0.2) is 4.98 Å². The predicted molar refractivity (Wildman–Crippen MR) is 61.4 cm³/mol. The Morgan fingerprint density at radius 1 is 1.20 bits per heavy atom. The highest BCUT2D eigenvalue weighted by Gasteiger charge is 2.15. The van der Waals surface area contributed by atoms with Crippen molar-refractivity contribution in [1.82, 2.24) is 4.98 Å². The van der Waals surface area contributed by atoms with Gasteiger partial charge in [0.05, 0.1) is 0 Å². The molecular formula is C12H11N3. The Morgan fingerprint density at radius 3 is 3.07 bits per heavy atom. The van der Waals surface area contributed by atoms with Crippen molar-refractivity contribution in [3.05, 3.63) is 42.1 Å². The average molecular weight is 197 g/mol. The minimum absolute atomic E-state index is 0.796. The van der Waals surface area contributed by atoms with E-state index in [0.29, 0.717) is 0 Å². The second-order valence-electron chi connectivity index (χ2n) is 3.67. The predicted octanol–water partition coefficient (Wildman–Crippen LogP) is 2.26. The number of hydrogen-bond donors (Lipinski definition) is 2. The van der Waals surface area contributed by atoms with Crippen molar-refractivity contribution >= 4 is 11.5 Å². The van der Waals surface area contributed by atoms with Crippen LogP contribution >= 0.6 is 0 Å². The van der Waals surface area contributed by atoms with Crippen LogP contribution in [-0.4, -0.2) is 4.98 Å². The number of nitrogen functional groups attached to an aromatic ring is 1. The van der Waals surface area contributed by atoms with E-state index in [1.165, 1.54) is 11.1 Å². The third-order valence-corrected chi connectivity index (χ3v) is 2.67. The van der Waals surface area contributed by atoms with Gasteiger partial charge in [-0.2, -0.15) is 0 Å². The van der Waals surface area contributed by atoms with Crippen LogP contribution in [0.2, 0.25) is 0 Å². The molecular weight excluding hydrogens is 186 g/mol. The van der Waals surface area contributed by atoms with Crippen LogP contribution in [0, 0.1) is 0 Å². The van der Waals surface area contributed by atoms with Gasteiger partial charge >= 0.3 is 0 Å². The van der Waals surface area contributed by atoms with E-state index in [4.69, 9.17) is 5.73 Å². The standard InChI is InChI=1S/C12H11N3/c13-9-3-4-10-8(6-9)7-15-12-11(10)2-1-5-14-12/h1-6H,7,13H2,(H,14,15). The van der Waals surface area contributed by atoms with E-state index < -0.39 is 0 Å². The minimum atomic E-state index is 0.796. The Morgan fingerprint density at radius 2 is 2.13 bits per heavy atom. The molecule has 0 atom stereocenters. The molecule has 2 heterocycles.